The van der Waals surface area contributed by atoms with E-state index >= 15 is 0 Å². The Kier molecular flexibility index (Phi) is 6.13. The van der Waals surface area contributed by atoms with Gasteiger partial charge in [-0.05, 0) is 33.2 Å². The van der Waals surface area contributed by atoms with Crippen LogP contribution in [0, 0.1) is 5.92 Å². The Labute approximate surface area is 105 Å². The maximum Gasteiger partial charge on any atom is 0.323 e. The molecule has 0 saturated carbocycles. The topological polar surface area (TPSA) is 58.6 Å². The van der Waals surface area contributed by atoms with Gasteiger partial charge in [-0.25, -0.2) is 0 Å². The summed E-state index contributed by atoms with van der Waals surface area (Å²) >= 11 is 0. The van der Waals surface area contributed by atoms with Gasteiger partial charge < -0.3 is 15.2 Å². The highest BCUT2D eigenvalue weighted by Crippen LogP contribution is 2.23. The summed E-state index contributed by atoms with van der Waals surface area (Å²) in [5.74, 6) is -0.356. The number of ether oxygens (including phenoxy) is 1. The average Bonchev–Trinajstić information content (AvgIpc) is 2.25. The summed E-state index contributed by atoms with van der Waals surface area (Å²) in [7, 11) is 1.61. The first kappa shape index (κ1) is 16.4. The van der Waals surface area contributed by atoms with Crippen LogP contribution < -0.4 is 5.32 Å². The van der Waals surface area contributed by atoms with Crippen LogP contribution in [0.25, 0.3) is 0 Å². The largest absolute Gasteiger partial charge is 0.480 e. The van der Waals surface area contributed by atoms with Crippen molar-refractivity contribution in [1.29, 1.82) is 0 Å². The number of methoxy groups -OCH3 is 1. The van der Waals surface area contributed by atoms with Crippen LogP contribution in [0.15, 0.2) is 0 Å². The minimum absolute atomic E-state index is 0.433. The van der Waals surface area contributed by atoms with E-state index in [2.05, 4.69) is 19.2 Å². The minimum Gasteiger partial charge on any atom is -0.480 e. The van der Waals surface area contributed by atoms with Gasteiger partial charge in [0.15, 0.2) is 0 Å². The number of nitrogens with one attached hydrogen (secondary N) is 1. The summed E-state index contributed by atoms with van der Waals surface area (Å²) in [4.78, 5) is 11.4. The summed E-state index contributed by atoms with van der Waals surface area (Å²) in [5.41, 5.74) is -1.39. The smallest absolute Gasteiger partial charge is 0.323 e. The third-order valence-electron chi connectivity index (χ3n) is 3.34. The van der Waals surface area contributed by atoms with E-state index in [0.29, 0.717) is 18.9 Å². The molecular weight excluding hydrogens is 218 g/mol. The fraction of sp³-hybridized carbons (Fsp3) is 0.923. The van der Waals surface area contributed by atoms with Crippen LogP contribution in [-0.4, -0.2) is 35.9 Å². The normalized spacial score (nSPS) is 17.5. The lowest BCUT2D eigenvalue weighted by Crippen LogP contribution is -2.54. The van der Waals surface area contributed by atoms with Gasteiger partial charge in [-0.3, -0.25) is 4.79 Å². The Hall–Kier alpha value is -0.610. The van der Waals surface area contributed by atoms with Crippen molar-refractivity contribution < 1.29 is 14.6 Å². The van der Waals surface area contributed by atoms with Crippen molar-refractivity contribution in [1.82, 2.24) is 5.32 Å². The standard InChI is InChI=1S/C13H27NO3/c1-7-10(2)8-14-13(5,11(15)16)9-12(3,4)17-6/h10,14H,7-9H2,1-6H3,(H,15,16). The maximum atomic E-state index is 11.4. The Bertz CT molecular complexity index is 253. The molecule has 0 heterocycles. The van der Waals surface area contributed by atoms with E-state index in [0.717, 1.165) is 6.42 Å². The Morgan fingerprint density at radius 3 is 2.29 bits per heavy atom. The fourth-order valence-electron chi connectivity index (χ4n) is 1.68. The zero-order valence-corrected chi connectivity index (χ0v) is 12.0. The van der Waals surface area contributed by atoms with Crippen molar-refractivity contribution in [3.8, 4) is 0 Å². The highest BCUT2D eigenvalue weighted by molar-refractivity contribution is 5.78. The third kappa shape index (κ3) is 5.50. The number of aliphatic carboxylic acids is 1. The van der Waals surface area contributed by atoms with Gasteiger partial charge in [0, 0.05) is 13.5 Å². The molecule has 0 saturated heterocycles. The van der Waals surface area contributed by atoms with Crippen molar-refractivity contribution in [2.75, 3.05) is 13.7 Å². The number of carbonyl (C=O) groups is 1. The van der Waals surface area contributed by atoms with Crippen molar-refractivity contribution in [2.45, 2.75) is 58.6 Å². The predicted molar refractivity (Wildman–Crippen MR) is 69.2 cm³/mol. The van der Waals surface area contributed by atoms with Crippen molar-refractivity contribution >= 4 is 5.97 Å². The molecule has 0 fully saturated rings. The van der Waals surface area contributed by atoms with Gasteiger partial charge in [-0.2, -0.15) is 0 Å². The molecule has 0 rings (SSSR count). The van der Waals surface area contributed by atoms with Crippen LogP contribution in [-0.2, 0) is 9.53 Å². The molecule has 0 bridgehead atoms. The number of hydrogen-bond acceptors (Lipinski definition) is 3. The molecule has 4 heteroatoms. The van der Waals surface area contributed by atoms with E-state index < -0.39 is 17.1 Å². The van der Waals surface area contributed by atoms with Crippen LogP contribution >= 0.6 is 0 Å². The molecule has 0 aromatic rings. The summed E-state index contributed by atoms with van der Waals surface area (Å²) in [5, 5.41) is 12.5. The fourth-order valence-corrected chi connectivity index (χ4v) is 1.68. The van der Waals surface area contributed by atoms with Crippen molar-refractivity contribution in [3.63, 3.8) is 0 Å². The molecular formula is C13H27NO3. The molecule has 0 amide bonds. The molecule has 0 aliphatic rings. The number of hydrogen-bond donors (Lipinski definition) is 2. The monoisotopic (exact) mass is 245 g/mol. The molecule has 17 heavy (non-hydrogen) atoms. The summed E-state index contributed by atoms with van der Waals surface area (Å²) in [6, 6.07) is 0. The molecule has 0 aromatic heterocycles. The second kappa shape index (κ2) is 6.36. The molecule has 0 aliphatic heterocycles. The molecule has 102 valence electrons. The molecule has 0 aliphatic carbocycles. The van der Waals surface area contributed by atoms with Gasteiger partial charge in [0.25, 0.3) is 0 Å². The summed E-state index contributed by atoms with van der Waals surface area (Å²) < 4.78 is 5.31. The Morgan fingerprint density at radius 2 is 1.94 bits per heavy atom. The molecule has 2 atom stereocenters. The Balaban J connectivity index is 4.63. The summed E-state index contributed by atoms with van der Waals surface area (Å²) in [6.45, 7) is 10.4. The van der Waals surface area contributed by atoms with E-state index in [4.69, 9.17) is 4.74 Å². The first-order valence-corrected chi connectivity index (χ1v) is 6.20. The van der Waals surface area contributed by atoms with Crippen LogP contribution in [0.2, 0.25) is 0 Å². The minimum atomic E-state index is -0.942. The van der Waals surface area contributed by atoms with Crippen LogP contribution in [0.4, 0.5) is 0 Å². The van der Waals surface area contributed by atoms with Crippen LogP contribution in [0.5, 0.6) is 0 Å². The predicted octanol–water partition coefficient (Wildman–Crippen LogP) is 2.28. The van der Waals surface area contributed by atoms with Gasteiger partial charge in [0.05, 0.1) is 5.60 Å². The van der Waals surface area contributed by atoms with Crippen molar-refractivity contribution in [3.05, 3.63) is 0 Å². The maximum absolute atomic E-state index is 11.4. The number of carboxylic acids is 1. The van der Waals surface area contributed by atoms with Crippen LogP contribution in [0.1, 0.15) is 47.5 Å². The first-order chi connectivity index (χ1) is 7.67. The van der Waals surface area contributed by atoms with E-state index in [9.17, 15) is 9.90 Å². The molecule has 0 radical (unpaired) electrons. The van der Waals surface area contributed by atoms with Gasteiger partial charge in [0.2, 0.25) is 0 Å². The van der Waals surface area contributed by atoms with Gasteiger partial charge in [-0.1, -0.05) is 20.3 Å². The zero-order chi connectivity index (χ0) is 13.7. The van der Waals surface area contributed by atoms with E-state index in [-0.39, 0.29) is 0 Å². The van der Waals surface area contributed by atoms with Crippen molar-refractivity contribution in [2.24, 2.45) is 5.92 Å². The number of rotatable bonds is 8. The van der Waals surface area contributed by atoms with Crippen LogP contribution in [0.3, 0.4) is 0 Å². The molecule has 0 aromatic carbocycles. The molecule has 2 unspecified atom stereocenters. The lowest BCUT2D eigenvalue weighted by atomic mass is 9.87. The second-order valence-corrected chi connectivity index (χ2v) is 5.67. The second-order valence-electron chi connectivity index (χ2n) is 5.67. The molecule has 0 spiro atoms. The highest BCUT2D eigenvalue weighted by atomic mass is 16.5. The Morgan fingerprint density at radius 1 is 1.41 bits per heavy atom. The van der Waals surface area contributed by atoms with Gasteiger partial charge in [-0.15, -0.1) is 0 Å². The quantitative estimate of drug-likeness (QED) is 0.689. The van der Waals surface area contributed by atoms with E-state index in [1.54, 1.807) is 14.0 Å². The lowest BCUT2D eigenvalue weighted by molar-refractivity contribution is -0.147. The first-order valence-electron chi connectivity index (χ1n) is 6.20. The number of carboxylic acid groups (broad SMARTS) is 1. The zero-order valence-electron chi connectivity index (χ0n) is 12.0. The average molecular weight is 245 g/mol. The van der Waals surface area contributed by atoms with Gasteiger partial charge >= 0.3 is 5.97 Å². The molecule has 4 nitrogen and oxygen atoms in total. The SMILES string of the molecule is CCC(C)CNC(C)(CC(C)(C)OC)C(=O)O. The summed E-state index contributed by atoms with van der Waals surface area (Å²) in [6.07, 6.45) is 1.47. The van der Waals surface area contributed by atoms with E-state index in [1.807, 2.05) is 13.8 Å². The van der Waals surface area contributed by atoms with E-state index in [1.165, 1.54) is 0 Å². The highest BCUT2D eigenvalue weighted by Gasteiger charge is 2.38. The van der Waals surface area contributed by atoms with Gasteiger partial charge in [0.1, 0.15) is 5.54 Å². The molecule has 2 N–H and O–H groups in total. The lowest BCUT2D eigenvalue weighted by Gasteiger charge is -2.35. The third-order valence-corrected chi connectivity index (χ3v) is 3.34.